The number of rotatable bonds is 6. The summed E-state index contributed by atoms with van der Waals surface area (Å²) in [6.45, 7) is 0. The number of nitrogens with zero attached hydrogens (tertiary/aromatic N) is 2. The predicted molar refractivity (Wildman–Crippen MR) is 138 cm³/mol. The molecule has 4 atom stereocenters. The number of hydrogen-bond donors (Lipinski definition) is 1. The quantitative estimate of drug-likeness (QED) is 0.259. The van der Waals surface area contributed by atoms with E-state index >= 15 is 0 Å². The maximum absolute atomic E-state index is 14.4. The third-order valence-corrected chi connectivity index (χ3v) is 6.84. The van der Waals surface area contributed by atoms with Gasteiger partial charge in [-0.25, -0.2) is 0 Å². The van der Waals surface area contributed by atoms with Crippen LogP contribution in [0.15, 0.2) is 109 Å². The van der Waals surface area contributed by atoms with Crippen molar-refractivity contribution in [1.82, 2.24) is 5.32 Å². The maximum atomic E-state index is 14.4. The molecule has 5 rings (SSSR count). The fourth-order valence-electron chi connectivity index (χ4n) is 5.18. The molecule has 8 heteroatoms. The fourth-order valence-corrected chi connectivity index (χ4v) is 5.18. The van der Waals surface area contributed by atoms with Crippen LogP contribution in [0.2, 0.25) is 0 Å². The van der Waals surface area contributed by atoms with Crippen molar-refractivity contribution in [2.45, 2.75) is 23.9 Å². The minimum absolute atomic E-state index is 0.0656. The molecule has 8 nitrogen and oxygen atoms in total. The molecule has 1 saturated heterocycles. The standard InChI is InChI=1S/C29H23N3O5/c33-29-25(19-9-3-1-4-10-19)27(21-13-7-15-23(17-21)31(34)35)30-28(26(29)20-11-5-2-6-12-20)22-14-8-16-24(18-22)32(36)37/h1-18,25-28,30H/t25-,26-,27-,28+/m1/s1. The molecule has 0 aromatic heterocycles. The highest BCUT2D eigenvalue weighted by Gasteiger charge is 2.46. The molecular weight excluding hydrogens is 470 g/mol. The first kappa shape index (κ1) is 24.0. The number of nitrogens with one attached hydrogen (secondary N) is 1. The van der Waals surface area contributed by atoms with Gasteiger partial charge < -0.3 is 5.32 Å². The van der Waals surface area contributed by atoms with Gasteiger partial charge in [-0.1, -0.05) is 84.9 Å². The molecule has 184 valence electrons. The van der Waals surface area contributed by atoms with Crippen LogP contribution in [0, 0.1) is 20.2 Å². The Morgan fingerprint density at radius 2 is 0.919 bits per heavy atom. The second-order valence-electron chi connectivity index (χ2n) is 9.01. The first-order valence-corrected chi connectivity index (χ1v) is 11.8. The third kappa shape index (κ3) is 4.74. The number of non-ortho nitro benzene ring substituents is 2. The largest absolute Gasteiger partial charge is 0.301 e. The van der Waals surface area contributed by atoms with E-state index in [2.05, 4.69) is 5.32 Å². The lowest BCUT2D eigenvalue weighted by Crippen LogP contribution is -2.46. The number of carbonyl (C=O) groups excluding carboxylic acids is 1. The Labute approximate surface area is 212 Å². The van der Waals surface area contributed by atoms with Gasteiger partial charge in [0.25, 0.3) is 11.4 Å². The smallest absolute Gasteiger partial charge is 0.269 e. The highest BCUT2D eigenvalue weighted by Crippen LogP contribution is 2.47. The van der Waals surface area contributed by atoms with Crippen molar-refractivity contribution in [3.63, 3.8) is 0 Å². The van der Waals surface area contributed by atoms with E-state index < -0.39 is 33.8 Å². The highest BCUT2D eigenvalue weighted by atomic mass is 16.6. The van der Waals surface area contributed by atoms with Crippen molar-refractivity contribution in [2.24, 2.45) is 0 Å². The van der Waals surface area contributed by atoms with E-state index in [1.54, 1.807) is 24.3 Å². The van der Waals surface area contributed by atoms with E-state index in [1.807, 2.05) is 60.7 Å². The van der Waals surface area contributed by atoms with Gasteiger partial charge in [-0.15, -0.1) is 0 Å². The normalized spacial score (nSPS) is 21.4. The molecule has 4 aromatic carbocycles. The molecule has 1 heterocycles. The molecule has 0 unspecified atom stereocenters. The van der Waals surface area contributed by atoms with Crippen LogP contribution in [0.4, 0.5) is 11.4 Å². The van der Waals surface area contributed by atoms with Crippen molar-refractivity contribution in [3.05, 3.63) is 152 Å². The van der Waals surface area contributed by atoms with Gasteiger partial charge in [-0.3, -0.25) is 25.0 Å². The monoisotopic (exact) mass is 493 g/mol. The minimum Gasteiger partial charge on any atom is -0.301 e. The molecular formula is C29H23N3O5. The molecule has 1 aliphatic rings. The lowest BCUT2D eigenvalue weighted by atomic mass is 9.70. The molecule has 1 aliphatic heterocycles. The van der Waals surface area contributed by atoms with Crippen LogP contribution in [0.5, 0.6) is 0 Å². The lowest BCUT2D eigenvalue weighted by Gasteiger charge is -2.42. The number of nitro groups is 2. The van der Waals surface area contributed by atoms with Crippen LogP contribution in [0.25, 0.3) is 0 Å². The fraction of sp³-hybridized carbons (Fsp3) is 0.138. The van der Waals surface area contributed by atoms with Crippen molar-refractivity contribution >= 4 is 17.2 Å². The topological polar surface area (TPSA) is 115 Å². The number of piperidine rings is 1. The molecule has 1 N–H and O–H groups in total. The number of ketones is 1. The number of hydrogen-bond acceptors (Lipinski definition) is 6. The lowest BCUT2D eigenvalue weighted by molar-refractivity contribution is -0.385. The molecule has 37 heavy (non-hydrogen) atoms. The van der Waals surface area contributed by atoms with E-state index in [1.165, 1.54) is 24.3 Å². The van der Waals surface area contributed by atoms with Crippen LogP contribution in [-0.2, 0) is 4.79 Å². The van der Waals surface area contributed by atoms with E-state index in [-0.39, 0.29) is 17.2 Å². The Kier molecular flexibility index (Phi) is 6.57. The van der Waals surface area contributed by atoms with E-state index in [0.717, 1.165) is 11.1 Å². The zero-order chi connectivity index (χ0) is 25.9. The first-order valence-electron chi connectivity index (χ1n) is 11.8. The third-order valence-electron chi connectivity index (χ3n) is 6.84. The molecule has 1 fully saturated rings. The Hall–Kier alpha value is -4.69. The summed E-state index contributed by atoms with van der Waals surface area (Å²) in [5, 5.41) is 26.6. The highest BCUT2D eigenvalue weighted by molar-refractivity contribution is 5.94. The molecule has 0 amide bonds. The minimum atomic E-state index is -0.636. The zero-order valence-electron chi connectivity index (χ0n) is 19.6. The van der Waals surface area contributed by atoms with Crippen LogP contribution in [0.1, 0.15) is 46.2 Å². The molecule has 4 aromatic rings. The van der Waals surface area contributed by atoms with Crippen molar-refractivity contribution in [1.29, 1.82) is 0 Å². The Balaban J connectivity index is 1.70. The van der Waals surface area contributed by atoms with Gasteiger partial charge in [0.1, 0.15) is 0 Å². The van der Waals surface area contributed by atoms with Crippen LogP contribution in [0.3, 0.4) is 0 Å². The van der Waals surface area contributed by atoms with Crippen molar-refractivity contribution < 1.29 is 14.6 Å². The van der Waals surface area contributed by atoms with E-state index in [0.29, 0.717) is 11.1 Å². The average Bonchev–Trinajstić information content (AvgIpc) is 2.93. The summed E-state index contributed by atoms with van der Waals surface area (Å²) >= 11 is 0. The predicted octanol–water partition coefficient (Wildman–Crippen LogP) is 6.03. The Morgan fingerprint density at radius 3 is 1.30 bits per heavy atom. The van der Waals surface area contributed by atoms with Gasteiger partial charge in [0.15, 0.2) is 5.78 Å². The van der Waals surface area contributed by atoms with E-state index in [4.69, 9.17) is 0 Å². The molecule has 0 spiro atoms. The summed E-state index contributed by atoms with van der Waals surface area (Å²) in [7, 11) is 0. The zero-order valence-corrected chi connectivity index (χ0v) is 19.6. The Morgan fingerprint density at radius 1 is 0.541 bits per heavy atom. The van der Waals surface area contributed by atoms with Crippen molar-refractivity contribution in [2.75, 3.05) is 0 Å². The summed E-state index contributed by atoms with van der Waals surface area (Å²) in [4.78, 5) is 36.6. The van der Waals surface area contributed by atoms with Crippen molar-refractivity contribution in [3.8, 4) is 0 Å². The van der Waals surface area contributed by atoms with E-state index in [9.17, 15) is 25.0 Å². The van der Waals surface area contributed by atoms with Gasteiger partial charge in [0.2, 0.25) is 0 Å². The first-order chi connectivity index (χ1) is 17.9. The SMILES string of the molecule is O=C1[C@H](c2ccccc2)[C@@H](c2cccc([N+](=O)[O-])c2)N[C@@H](c2cccc([N+](=O)[O-])c2)[C@H]1c1ccccc1. The molecule has 0 aliphatic carbocycles. The number of nitro benzene ring substituents is 2. The van der Waals surface area contributed by atoms with Crippen LogP contribution in [-0.4, -0.2) is 15.6 Å². The van der Waals surface area contributed by atoms with Crippen LogP contribution >= 0.6 is 0 Å². The molecule has 0 bridgehead atoms. The van der Waals surface area contributed by atoms with Gasteiger partial charge in [-0.2, -0.15) is 0 Å². The summed E-state index contributed by atoms with van der Waals surface area (Å²) in [6.07, 6.45) is 0. The number of Topliss-reactive ketones (excluding diaryl/α,β-unsaturated/α-hetero) is 1. The Bertz CT molecular complexity index is 1350. The number of benzene rings is 4. The second-order valence-corrected chi connectivity index (χ2v) is 9.01. The second kappa shape index (κ2) is 10.1. The molecule has 0 radical (unpaired) electrons. The number of carbonyl (C=O) groups is 1. The molecule has 0 saturated carbocycles. The van der Waals surface area contributed by atoms with Gasteiger partial charge in [0.05, 0.1) is 21.7 Å². The van der Waals surface area contributed by atoms with Gasteiger partial charge in [0, 0.05) is 36.3 Å². The summed E-state index contributed by atoms with van der Waals surface area (Å²) in [6, 6.07) is 30.0. The maximum Gasteiger partial charge on any atom is 0.269 e. The van der Waals surface area contributed by atoms with Crippen LogP contribution < -0.4 is 5.32 Å². The van der Waals surface area contributed by atoms with Gasteiger partial charge >= 0.3 is 0 Å². The summed E-state index contributed by atoms with van der Waals surface area (Å²) < 4.78 is 0. The average molecular weight is 494 g/mol. The van der Waals surface area contributed by atoms with Gasteiger partial charge in [-0.05, 0) is 22.3 Å². The summed E-state index contributed by atoms with van der Waals surface area (Å²) in [5.74, 6) is -1.34. The summed E-state index contributed by atoms with van der Waals surface area (Å²) in [5.41, 5.74) is 2.62.